The third kappa shape index (κ3) is 6.91. The topological polar surface area (TPSA) is 150 Å². The average Bonchev–Trinajstić information content (AvgIpc) is 2.89. The van der Waals surface area contributed by atoms with E-state index >= 15 is 0 Å². The van der Waals surface area contributed by atoms with Crippen molar-refractivity contribution in [3.63, 3.8) is 0 Å². The standard InChI is InChI=1S/C27H32N4O6S/c1-16(2)22(24(33)28-20(26(35)36)13-14-38-3)30-23(32)21(15-17-9-5-4-6-10-17)31-25(34)18-11-7-8-12-19(18)29-27(31)37/h4-12,16,20-22H,13-15H2,1-3H3,(H,28,33)(H,29,37)(H,30,32)(H,35,36)/t20-,21+,22+/m1/s1. The zero-order valence-electron chi connectivity index (χ0n) is 21.5. The van der Waals surface area contributed by atoms with Crippen molar-refractivity contribution in [1.82, 2.24) is 20.2 Å². The summed E-state index contributed by atoms with van der Waals surface area (Å²) in [4.78, 5) is 67.5. The predicted molar refractivity (Wildman–Crippen MR) is 147 cm³/mol. The van der Waals surface area contributed by atoms with E-state index in [0.29, 0.717) is 16.8 Å². The van der Waals surface area contributed by atoms with Gasteiger partial charge in [0, 0.05) is 6.42 Å². The Morgan fingerprint density at radius 1 is 0.974 bits per heavy atom. The van der Waals surface area contributed by atoms with Crippen LogP contribution < -0.4 is 21.9 Å². The molecular formula is C27H32N4O6S. The van der Waals surface area contributed by atoms with Crippen molar-refractivity contribution in [3.8, 4) is 0 Å². The summed E-state index contributed by atoms with van der Waals surface area (Å²) in [6.45, 7) is 3.42. The molecule has 0 bridgehead atoms. The Hall–Kier alpha value is -3.86. The molecule has 4 N–H and O–H groups in total. The lowest BCUT2D eigenvalue weighted by molar-refractivity contribution is -0.142. The highest BCUT2D eigenvalue weighted by molar-refractivity contribution is 7.98. The third-order valence-electron chi connectivity index (χ3n) is 6.20. The maximum Gasteiger partial charge on any atom is 0.329 e. The van der Waals surface area contributed by atoms with Crippen LogP contribution >= 0.6 is 11.8 Å². The number of hydrogen-bond acceptors (Lipinski definition) is 6. The van der Waals surface area contributed by atoms with Gasteiger partial charge in [0.05, 0.1) is 10.9 Å². The number of benzene rings is 2. The number of hydrogen-bond donors (Lipinski definition) is 4. The molecule has 0 saturated carbocycles. The lowest BCUT2D eigenvalue weighted by atomic mass is 10.00. The Kier molecular flexibility index (Phi) is 9.89. The summed E-state index contributed by atoms with van der Waals surface area (Å²) in [6, 6.07) is 12.0. The van der Waals surface area contributed by atoms with Crippen LogP contribution in [-0.4, -0.2) is 56.5 Å². The summed E-state index contributed by atoms with van der Waals surface area (Å²) < 4.78 is 0.873. The Bertz CT molecular complexity index is 1400. The normalized spacial score (nSPS) is 13.6. The summed E-state index contributed by atoms with van der Waals surface area (Å²) >= 11 is 1.46. The molecule has 0 spiro atoms. The van der Waals surface area contributed by atoms with Crippen LogP contribution in [0.1, 0.15) is 31.9 Å². The summed E-state index contributed by atoms with van der Waals surface area (Å²) in [6.07, 6.45) is 2.08. The van der Waals surface area contributed by atoms with Gasteiger partial charge in [-0.25, -0.2) is 14.2 Å². The smallest absolute Gasteiger partial charge is 0.329 e. The van der Waals surface area contributed by atoms with Gasteiger partial charge in [-0.05, 0) is 42.0 Å². The molecule has 3 atom stereocenters. The average molecular weight is 541 g/mol. The van der Waals surface area contributed by atoms with E-state index in [1.165, 1.54) is 11.8 Å². The van der Waals surface area contributed by atoms with Crippen molar-refractivity contribution >= 4 is 40.4 Å². The van der Waals surface area contributed by atoms with Gasteiger partial charge in [0.1, 0.15) is 18.1 Å². The Morgan fingerprint density at radius 3 is 2.26 bits per heavy atom. The monoisotopic (exact) mass is 540 g/mol. The van der Waals surface area contributed by atoms with Gasteiger partial charge in [0.2, 0.25) is 11.8 Å². The largest absolute Gasteiger partial charge is 0.480 e. The summed E-state index contributed by atoms with van der Waals surface area (Å²) in [5, 5.41) is 14.9. The van der Waals surface area contributed by atoms with Gasteiger partial charge in [-0.1, -0.05) is 56.3 Å². The number of carbonyl (C=O) groups excluding carboxylic acids is 2. The number of carboxylic acids is 1. The molecule has 0 aliphatic rings. The lowest BCUT2D eigenvalue weighted by Crippen LogP contribution is -2.56. The minimum atomic E-state index is -1.26. The van der Waals surface area contributed by atoms with E-state index in [1.807, 2.05) is 12.3 Å². The van der Waals surface area contributed by atoms with Crippen LogP contribution in [0.15, 0.2) is 64.2 Å². The van der Waals surface area contributed by atoms with Crippen molar-refractivity contribution in [3.05, 3.63) is 81.0 Å². The van der Waals surface area contributed by atoms with Crippen LogP contribution in [0.4, 0.5) is 0 Å². The van der Waals surface area contributed by atoms with E-state index in [9.17, 15) is 29.1 Å². The molecule has 2 aromatic carbocycles. The van der Waals surface area contributed by atoms with Gasteiger partial charge in [0.15, 0.2) is 0 Å². The molecule has 2 amide bonds. The molecule has 1 aromatic heterocycles. The van der Waals surface area contributed by atoms with E-state index < -0.39 is 53.1 Å². The van der Waals surface area contributed by atoms with Gasteiger partial charge in [-0.15, -0.1) is 0 Å². The Labute approximate surface area is 223 Å². The van der Waals surface area contributed by atoms with Gasteiger partial charge in [0.25, 0.3) is 5.56 Å². The molecule has 38 heavy (non-hydrogen) atoms. The molecule has 0 aliphatic heterocycles. The van der Waals surface area contributed by atoms with Crippen LogP contribution in [0.5, 0.6) is 0 Å². The molecule has 202 valence electrons. The van der Waals surface area contributed by atoms with Gasteiger partial charge in [-0.3, -0.25) is 14.4 Å². The minimum absolute atomic E-state index is 0.0198. The number of fused-ring (bicyclic) bond motifs is 1. The molecular weight excluding hydrogens is 508 g/mol. The maximum absolute atomic E-state index is 13.7. The Morgan fingerprint density at radius 2 is 1.63 bits per heavy atom. The molecule has 3 rings (SSSR count). The molecule has 0 aliphatic carbocycles. The molecule has 1 heterocycles. The molecule has 10 nitrogen and oxygen atoms in total. The van der Waals surface area contributed by atoms with Crippen molar-refractivity contribution in [2.24, 2.45) is 5.92 Å². The van der Waals surface area contributed by atoms with E-state index in [0.717, 1.165) is 4.57 Å². The zero-order valence-corrected chi connectivity index (χ0v) is 22.3. The third-order valence-corrected chi connectivity index (χ3v) is 6.84. The van der Waals surface area contributed by atoms with Gasteiger partial charge >= 0.3 is 11.7 Å². The van der Waals surface area contributed by atoms with Crippen LogP contribution in [0.2, 0.25) is 0 Å². The maximum atomic E-state index is 13.7. The number of nitrogens with zero attached hydrogens (tertiary/aromatic N) is 1. The molecule has 0 unspecified atom stereocenters. The Balaban J connectivity index is 1.98. The van der Waals surface area contributed by atoms with Crippen LogP contribution in [0, 0.1) is 5.92 Å². The first-order valence-electron chi connectivity index (χ1n) is 12.2. The van der Waals surface area contributed by atoms with Crippen LogP contribution in [0.3, 0.4) is 0 Å². The number of rotatable bonds is 12. The number of carboxylic acid groups (broad SMARTS) is 1. The van der Waals surface area contributed by atoms with Crippen LogP contribution in [0.25, 0.3) is 10.9 Å². The van der Waals surface area contributed by atoms with E-state index in [2.05, 4.69) is 15.6 Å². The lowest BCUT2D eigenvalue weighted by Gasteiger charge is -2.27. The molecule has 0 saturated heterocycles. The quantitative estimate of drug-likeness (QED) is 0.274. The fourth-order valence-electron chi connectivity index (χ4n) is 4.14. The second-order valence-electron chi connectivity index (χ2n) is 9.27. The number of aliphatic carboxylic acids is 1. The van der Waals surface area contributed by atoms with E-state index in [1.54, 1.807) is 62.4 Å². The molecule has 11 heteroatoms. The number of nitrogens with one attached hydrogen (secondary N) is 3. The highest BCUT2D eigenvalue weighted by Gasteiger charge is 2.32. The number of amides is 2. The summed E-state index contributed by atoms with van der Waals surface area (Å²) in [5.41, 5.74) is -0.324. The van der Waals surface area contributed by atoms with E-state index in [4.69, 9.17) is 0 Å². The molecule has 3 aromatic rings. The zero-order chi connectivity index (χ0) is 27.8. The molecule has 0 radical (unpaired) electrons. The number of H-pyrrole nitrogens is 1. The SMILES string of the molecule is CSCC[C@@H](NC(=O)[C@@H](NC(=O)[C@H](Cc1ccccc1)n1c(=O)[nH]c2ccccc2c1=O)C(C)C)C(=O)O. The predicted octanol–water partition coefficient (Wildman–Crippen LogP) is 1.94. The second-order valence-corrected chi connectivity index (χ2v) is 10.3. The van der Waals surface area contributed by atoms with Crippen molar-refractivity contribution < 1.29 is 19.5 Å². The number of thioether (sulfide) groups is 1. The van der Waals surface area contributed by atoms with Crippen molar-refractivity contribution in [1.29, 1.82) is 0 Å². The highest BCUT2D eigenvalue weighted by atomic mass is 32.2. The summed E-state index contributed by atoms with van der Waals surface area (Å²) in [5.74, 6) is -2.40. The fraction of sp³-hybridized carbons (Fsp3) is 0.370. The molecule has 0 fully saturated rings. The van der Waals surface area contributed by atoms with Crippen molar-refractivity contribution in [2.75, 3.05) is 12.0 Å². The van der Waals surface area contributed by atoms with E-state index in [-0.39, 0.29) is 18.2 Å². The summed E-state index contributed by atoms with van der Waals surface area (Å²) in [7, 11) is 0. The fourth-order valence-corrected chi connectivity index (χ4v) is 4.61. The highest BCUT2D eigenvalue weighted by Crippen LogP contribution is 2.15. The first-order chi connectivity index (χ1) is 18.1. The number of aromatic amines is 1. The van der Waals surface area contributed by atoms with Gasteiger partial charge < -0.3 is 20.7 Å². The first-order valence-corrected chi connectivity index (χ1v) is 13.6. The van der Waals surface area contributed by atoms with Gasteiger partial charge in [-0.2, -0.15) is 11.8 Å². The minimum Gasteiger partial charge on any atom is -0.480 e. The number of carbonyl (C=O) groups is 3. The van der Waals surface area contributed by atoms with Crippen LogP contribution in [-0.2, 0) is 20.8 Å². The second kappa shape index (κ2) is 13.1. The number of aromatic nitrogens is 2. The first kappa shape index (κ1) is 28.7. The van der Waals surface area contributed by atoms with Crippen molar-refractivity contribution in [2.45, 2.75) is 44.8 Å². The number of para-hydroxylation sites is 1.